The van der Waals surface area contributed by atoms with E-state index >= 15 is 0 Å². The zero-order chi connectivity index (χ0) is 15.5. The predicted octanol–water partition coefficient (Wildman–Crippen LogP) is 2.74. The molecular formula is C15H25N3O3. The molecular weight excluding hydrogens is 270 g/mol. The molecule has 0 amide bonds. The van der Waals surface area contributed by atoms with Gasteiger partial charge in [-0.05, 0) is 30.8 Å². The first-order chi connectivity index (χ1) is 9.93. The van der Waals surface area contributed by atoms with Gasteiger partial charge in [-0.15, -0.1) is 0 Å². The number of aliphatic carboxylic acids is 1. The first-order valence-corrected chi connectivity index (χ1v) is 7.74. The summed E-state index contributed by atoms with van der Waals surface area (Å²) in [4.78, 5) is 18.1. The van der Waals surface area contributed by atoms with Crippen LogP contribution < -0.4 is 4.90 Å². The molecule has 0 aromatic carbocycles. The van der Waals surface area contributed by atoms with Crippen molar-refractivity contribution in [2.45, 2.75) is 52.9 Å². The number of hydrogen-bond donors (Lipinski definition) is 1. The van der Waals surface area contributed by atoms with Crippen molar-refractivity contribution in [1.29, 1.82) is 0 Å². The SMILES string of the molecule is CC(C)C(C)(Cc1nc(N2CCCCCC2)no1)C(=O)O. The summed E-state index contributed by atoms with van der Waals surface area (Å²) in [5, 5.41) is 13.5. The first kappa shape index (κ1) is 15.8. The maximum Gasteiger partial charge on any atom is 0.310 e. The fraction of sp³-hybridized carbons (Fsp3) is 0.800. The van der Waals surface area contributed by atoms with Gasteiger partial charge in [0.2, 0.25) is 5.89 Å². The molecule has 1 atom stereocenters. The smallest absolute Gasteiger partial charge is 0.310 e. The molecule has 1 N–H and O–H groups in total. The van der Waals surface area contributed by atoms with Crippen LogP contribution in [0.1, 0.15) is 52.3 Å². The Morgan fingerprint density at radius 3 is 2.48 bits per heavy atom. The van der Waals surface area contributed by atoms with Crippen LogP contribution in [-0.4, -0.2) is 34.3 Å². The van der Waals surface area contributed by atoms with E-state index in [0.717, 1.165) is 25.9 Å². The minimum absolute atomic E-state index is 0.0106. The molecule has 1 aliphatic rings. The zero-order valence-corrected chi connectivity index (χ0v) is 13.1. The van der Waals surface area contributed by atoms with Gasteiger partial charge in [-0.2, -0.15) is 4.98 Å². The van der Waals surface area contributed by atoms with E-state index in [2.05, 4.69) is 15.0 Å². The van der Waals surface area contributed by atoms with E-state index < -0.39 is 11.4 Å². The Morgan fingerprint density at radius 2 is 1.95 bits per heavy atom. The van der Waals surface area contributed by atoms with Crippen LogP contribution in [0.15, 0.2) is 4.52 Å². The molecule has 1 aromatic rings. The van der Waals surface area contributed by atoms with Crippen LogP contribution in [-0.2, 0) is 11.2 Å². The van der Waals surface area contributed by atoms with E-state index in [4.69, 9.17) is 4.52 Å². The van der Waals surface area contributed by atoms with Crippen molar-refractivity contribution in [3.05, 3.63) is 5.89 Å². The number of carboxylic acids is 1. The van der Waals surface area contributed by atoms with Crippen molar-refractivity contribution in [2.24, 2.45) is 11.3 Å². The maximum atomic E-state index is 11.5. The Morgan fingerprint density at radius 1 is 1.33 bits per heavy atom. The summed E-state index contributed by atoms with van der Waals surface area (Å²) < 4.78 is 5.29. The summed E-state index contributed by atoms with van der Waals surface area (Å²) in [5.74, 6) is 0.173. The normalized spacial score (nSPS) is 19.3. The van der Waals surface area contributed by atoms with E-state index in [9.17, 15) is 9.90 Å². The highest BCUT2D eigenvalue weighted by atomic mass is 16.5. The Kier molecular flexibility index (Phi) is 4.85. The van der Waals surface area contributed by atoms with Gasteiger partial charge in [0.1, 0.15) is 0 Å². The van der Waals surface area contributed by atoms with Gasteiger partial charge in [-0.3, -0.25) is 4.79 Å². The molecule has 0 radical (unpaired) electrons. The van der Waals surface area contributed by atoms with Crippen LogP contribution >= 0.6 is 0 Å². The van der Waals surface area contributed by atoms with Gasteiger partial charge in [0.25, 0.3) is 5.95 Å². The summed E-state index contributed by atoms with van der Waals surface area (Å²) in [6.45, 7) is 7.43. The largest absolute Gasteiger partial charge is 0.481 e. The molecule has 0 saturated carbocycles. The van der Waals surface area contributed by atoms with E-state index in [0.29, 0.717) is 11.8 Å². The van der Waals surface area contributed by atoms with E-state index in [-0.39, 0.29) is 12.3 Å². The van der Waals surface area contributed by atoms with Crippen molar-refractivity contribution in [2.75, 3.05) is 18.0 Å². The fourth-order valence-corrected chi connectivity index (χ4v) is 2.56. The number of anilines is 1. The second kappa shape index (κ2) is 6.45. The lowest BCUT2D eigenvalue weighted by molar-refractivity contribution is -0.150. The molecule has 1 saturated heterocycles. The number of nitrogens with zero attached hydrogens (tertiary/aromatic N) is 3. The van der Waals surface area contributed by atoms with Crippen molar-refractivity contribution in [3.8, 4) is 0 Å². The van der Waals surface area contributed by atoms with Crippen LogP contribution in [0, 0.1) is 11.3 Å². The second-order valence-corrected chi connectivity index (χ2v) is 6.44. The summed E-state index contributed by atoms with van der Waals surface area (Å²) in [6.07, 6.45) is 5.03. The maximum absolute atomic E-state index is 11.5. The van der Waals surface area contributed by atoms with Crippen LogP contribution in [0.2, 0.25) is 0 Å². The zero-order valence-electron chi connectivity index (χ0n) is 13.1. The van der Waals surface area contributed by atoms with Crippen LogP contribution in [0.3, 0.4) is 0 Å². The molecule has 0 spiro atoms. The second-order valence-electron chi connectivity index (χ2n) is 6.44. The number of hydrogen-bond acceptors (Lipinski definition) is 5. The first-order valence-electron chi connectivity index (χ1n) is 7.74. The fourth-order valence-electron chi connectivity index (χ4n) is 2.56. The third-order valence-corrected chi connectivity index (χ3v) is 4.63. The summed E-state index contributed by atoms with van der Waals surface area (Å²) >= 11 is 0. The number of rotatable bonds is 5. The molecule has 0 bridgehead atoms. The number of carboxylic acid groups (broad SMARTS) is 1. The highest BCUT2D eigenvalue weighted by molar-refractivity contribution is 5.74. The van der Waals surface area contributed by atoms with Crippen molar-refractivity contribution in [3.63, 3.8) is 0 Å². The molecule has 2 heterocycles. The summed E-state index contributed by atoms with van der Waals surface area (Å²) in [6, 6.07) is 0. The van der Waals surface area contributed by atoms with Crippen molar-refractivity contribution < 1.29 is 14.4 Å². The highest BCUT2D eigenvalue weighted by Crippen LogP contribution is 2.31. The molecule has 0 aliphatic carbocycles. The Hall–Kier alpha value is -1.59. The summed E-state index contributed by atoms with van der Waals surface area (Å²) in [7, 11) is 0. The van der Waals surface area contributed by atoms with E-state index in [1.165, 1.54) is 12.8 Å². The quantitative estimate of drug-likeness (QED) is 0.899. The molecule has 2 rings (SSSR count). The molecule has 1 aliphatic heterocycles. The molecule has 1 fully saturated rings. The molecule has 1 unspecified atom stereocenters. The van der Waals surface area contributed by atoms with Gasteiger partial charge < -0.3 is 14.5 Å². The minimum atomic E-state index is -0.886. The molecule has 6 nitrogen and oxygen atoms in total. The van der Waals surface area contributed by atoms with Gasteiger partial charge in [-0.25, -0.2) is 0 Å². The number of carbonyl (C=O) groups is 1. The third-order valence-electron chi connectivity index (χ3n) is 4.63. The topological polar surface area (TPSA) is 79.5 Å². The monoisotopic (exact) mass is 295 g/mol. The van der Waals surface area contributed by atoms with Crippen molar-refractivity contribution >= 4 is 11.9 Å². The Bertz CT molecular complexity index is 478. The van der Waals surface area contributed by atoms with Crippen LogP contribution in [0.4, 0.5) is 5.95 Å². The van der Waals surface area contributed by atoms with E-state index in [1.807, 2.05) is 13.8 Å². The highest BCUT2D eigenvalue weighted by Gasteiger charge is 2.38. The average Bonchev–Trinajstić information content (AvgIpc) is 2.72. The molecule has 6 heteroatoms. The number of aromatic nitrogens is 2. The lowest BCUT2D eigenvalue weighted by Gasteiger charge is -2.27. The van der Waals surface area contributed by atoms with Crippen molar-refractivity contribution in [1.82, 2.24) is 10.1 Å². The molecule has 118 valence electrons. The molecule has 1 aromatic heterocycles. The van der Waals surface area contributed by atoms with Gasteiger partial charge >= 0.3 is 5.97 Å². The summed E-state index contributed by atoms with van der Waals surface area (Å²) in [5.41, 5.74) is -0.886. The van der Waals surface area contributed by atoms with Gasteiger partial charge in [0.15, 0.2) is 0 Å². The van der Waals surface area contributed by atoms with E-state index in [1.54, 1.807) is 6.92 Å². The lowest BCUT2D eigenvalue weighted by atomic mass is 9.76. The Labute approximate surface area is 125 Å². The Balaban J connectivity index is 2.10. The molecule has 21 heavy (non-hydrogen) atoms. The van der Waals surface area contributed by atoms with Gasteiger partial charge in [0, 0.05) is 19.5 Å². The van der Waals surface area contributed by atoms with Gasteiger partial charge in [-0.1, -0.05) is 26.7 Å². The van der Waals surface area contributed by atoms with Crippen LogP contribution in [0.5, 0.6) is 0 Å². The average molecular weight is 295 g/mol. The standard InChI is InChI=1S/C15H25N3O3/c1-11(2)15(3,13(19)20)10-12-16-14(17-21-12)18-8-6-4-5-7-9-18/h11H,4-10H2,1-3H3,(H,19,20). The predicted molar refractivity (Wildman–Crippen MR) is 79.3 cm³/mol. The van der Waals surface area contributed by atoms with Gasteiger partial charge in [0.05, 0.1) is 5.41 Å². The lowest BCUT2D eigenvalue weighted by Crippen LogP contribution is -2.35. The van der Waals surface area contributed by atoms with Crippen LogP contribution in [0.25, 0.3) is 0 Å². The third kappa shape index (κ3) is 3.54. The minimum Gasteiger partial charge on any atom is -0.481 e.